The summed E-state index contributed by atoms with van der Waals surface area (Å²) in [5.41, 5.74) is 2.72. The predicted octanol–water partition coefficient (Wildman–Crippen LogP) is 5.02. The fourth-order valence-corrected chi connectivity index (χ4v) is 3.69. The van der Waals surface area contributed by atoms with Crippen molar-refractivity contribution in [3.63, 3.8) is 0 Å². The number of hydrogen-bond donors (Lipinski definition) is 1. The van der Waals surface area contributed by atoms with Gasteiger partial charge in [-0.25, -0.2) is 9.07 Å². The third-order valence-electron chi connectivity index (χ3n) is 5.18. The van der Waals surface area contributed by atoms with E-state index in [2.05, 4.69) is 11.8 Å². The number of aliphatic hydroxyl groups excluding tert-OH is 1. The Bertz CT molecular complexity index is 990. The Labute approximate surface area is 195 Å². The van der Waals surface area contributed by atoms with Gasteiger partial charge in [-0.1, -0.05) is 37.3 Å². The molecule has 0 aliphatic heterocycles. The van der Waals surface area contributed by atoms with Gasteiger partial charge < -0.3 is 14.6 Å². The molecule has 0 saturated heterocycles. The van der Waals surface area contributed by atoms with Gasteiger partial charge in [0.2, 0.25) is 5.88 Å². The highest BCUT2D eigenvalue weighted by molar-refractivity contribution is 5.65. The van der Waals surface area contributed by atoms with Crippen LogP contribution in [-0.4, -0.2) is 51.7 Å². The summed E-state index contributed by atoms with van der Waals surface area (Å²) in [6.45, 7) is 8.13. The number of nitrogens with zero attached hydrogens (tertiary/aromatic N) is 3. The Hall–Kier alpha value is -2.74. The van der Waals surface area contributed by atoms with E-state index in [1.54, 1.807) is 16.8 Å². The van der Waals surface area contributed by atoms with Crippen LogP contribution in [0.25, 0.3) is 11.3 Å². The molecule has 0 amide bonds. The maximum absolute atomic E-state index is 13.4. The second-order valence-corrected chi connectivity index (χ2v) is 8.45. The molecule has 0 spiro atoms. The summed E-state index contributed by atoms with van der Waals surface area (Å²) in [7, 11) is 1.84. The van der Waals surface area contributed by atoms with E-state index in [0.29, 0.717) is 24.7 Å². The van der Waals surface area contributed by atoms with E-state index in [0.717, 1.165) is 29.8 Å². The van der Waals surface area contributed by atoms with Crippen LogP contribution in [0.15, 0.2) is 54.6 Å². The van der Waals surface area contributed by atoms with Crippen molar-refractivity contribution in [3.8, 4) is 22.9 Å². The van der Waals surface area contributed by atoms with Crippen molar-refractivity contribution < 1.29 is 19.0 Å². The van der Waals surface area contributed by atoms with Crippen molar-refractivity contribution in [2.75, 3.05) is 19.7 Å². The lowest BCUT2D eigenvalue weighted by molar-refractivity contribution is -0.00953. The van der Waals surface area contributed by atoms with Gasteiger partial charge >= 0.3 is 0 Å². The molecule has 0 radical (unpaired) electrons. The number of hydrogen-bond acceptors (Lipinski definition) is 5. The van der Waals surface area contributed by atoms with Crippen molar-refractivity contribution >= 4 is 0 Å². The Kier molecular flexibility index (Phi) is 9.00. The first-order valence-electron chi connectivity index (χ1n) is 11.4. The van der Waals surface area contributed by atoms with Gasteiger partial charge in [-0.05, 0) is 51.1 Å². The van der Waals surface area contributed by atoms with Gasteiger partial charge in [-0.2, -0.15) is 5.10 Å². The molecule has 33 heavy (non-hydrogen) atoms. The zero-order valence-corrected chi connectivity index (χ0v) is 19.9. The molecular weight excluding hydrogens is 421 g/mol. The van der Waals surface area contributed by atoms with E-state index in [1.165, 1.54) is 12.1 Å². The first-order chi connectivity index (χ1) is 15.9. The largest absolute Gasteiger partial charge is 0.439 e. The molecule has 7 heteroatoms. The molecule has 1 atom stereocenters. The van der Waals surface area contributed by atoms with Crippen LogP contribution < -0.4 is 4.74 Å². The molecule has 0 aliphatic carbocycles. The van der Waals surface area contributed by atoms with Crippen LogP contribution in [0, 0.1) is 5.82 Å². The molecule has 3 rings (SSSR count). The van der Waals surface area contributed by atoms with E-state index in [1.807, 2.05) is 51.2 Å². The average molecular weight is 456 g/mol. The highest BCUT2D eigenvalue weighted by Crippen LogP contribution is 2.34. The maximum Gasteiger partial charge on any atom is 0.222 e. The summed E-state index contributed by atoms with van der Waals surface area (Å²) in [5.74, 6) is 0.812. The summed E-state index contributed by atoms with van der Waals surface area (Å²) < 4.78 is 26.9. The molecule has 1 N–H and O–H groups in total. The molecular formula is C26H34FN3O3. The van der Waals surface area contributed by atoms with Crippen LogP contribution in [0.2, 0.25) is 0 Å². The van der Waals surface area contributed by atoms with E-state index in [4.69, 9.17) is 14.6 Å². The Morgan fingerprint density at radius 1 is 1.09 bits per heavy atom. The zero-order chi connectivity index (χ0) is 23.8. The summed E-state index contributed by atoms with van der Waals surface area (Å²) in [6.07, 6.45) is 0.405. The lowest BCUT2D eigenvalue weighted by Crippen LogP contribution is -2.35. The highest BCUT2D eigenvalue weighted by atomic mass is 19.1. The minimum atomic E-state index is -0.600. The van der Waals surface area contributed by atoms with Gasteiger partial charge in [-0.15, -0.1) is 0 Å². The monoisotopic (exact) mass is 455 g/mol. The average Bonchev–Trinajstić information content (AvgIpc) is 3.09. The van der Waals surface area contributed by atoms with Crippen molar-refractivity contribution in [2.24, 2.45) is 7.05 Å². The lowest BCUT2D eigenvalue weighted by Gasteiger charge is -2.25. The molecule has 0 saturated carbocycles. The number of benzene rings is 2. The SMILES string of the molecule is CCCN(Cc1c(-c2ccccc2)nn(C)c1Oc1ccc(F)cc1)C[C@@H](O)COC(C)C. The smallest absolute Gasteiger partial charge is 0.222 e. The van der Waals surface area contributed by atoms with E-state index in [-0.39, 0.29) is 18.5 Å². The third kappa shape index (κ3) is 7.12. The second kappa shape index (κ2) is 11.9. The van der Waals surface area contributed by atoms with Crippen LogP contribution >= 0.6 is 0 Å². The minimum Gasteiger partial charge on any atom is -0.439 e. The topological polar surface area (TPSA) is 59.8 Å². The molecule has 6 nitrogen and oxygen atoms in total. The number of halogens is 1. The summed E-state index contributed by atoms with van der Waals surface area (Å²) >= 11 is 0. The van der Waals surface area contributed by atoms with Crippen molar-refractivity contribution in [2.45, 2.75) is 45.9 Å². The standard InChI is InChI=1S/C26H34FN3O3/c1-5-15-30(16-22(31)18-32-19(2)3)17-24-25(20-9-7-6-8-10-20)28-29(4)26(24)33-23-13-11-21(27)12-14-23/h6-14,19,22,31H,5,15-18H2,1-4H3/t22-/m1/s1. The highest BCUT2D eigenvalue weighted by Gasteiger charge is 2.23. The molecule has 1 aromatic heterocycles. The first kappa shape index (κ1) is 24.9. The number of aryl methyl sites for hydroxylation is 1. The van der Waals surface area contributed by atoms with Gasteiger partial charge in [0.15, 0.2) is 0 Å². The van der Waals surface area contributed by atoms with Crippen molar-refractivity contribution in [1.29, 1.82) is 0 Å². The van der Waals surface area contributed by atoms with Crippen LogP contribution in [-0.2, 0) is 18.3 Å². The molecule has 0 aliphatic rings. The number of aliphatic hydroxyl groups is 1. The fourth-order valence-electron chi connectivity index (χ4n) is 3.69. The molecule has 0 fully saturated rings. The van der Waals surface area contributed by atoms with Gasteiger partial charge in [0, 0.05) is 25.7 Å². The Balaban J connectivity index is 1.92. The summed E-state index contributed by atoms with van der Waals surface area (Å²) in [6, 6.07) is 15.9. The van der Waals surface area contributed by atoms with Crippen molar-refractivity contribution in [1.82, 2.24) is 14.7 Å². The molecule has 1 heterocycles. The lowest BCUT2D eigenvalue weighted by atomic mass is 10.1. The quantitative estimate of drug-likeness (QED) is 0.416. The zero-order valence-electron chi connectivity index (χ0n) is 19.9. The van der Waals surface area contributed by atoms with Crippen molar-refractivity contribution in [3.05, 3.63) is 66.0 Å². The van der Waals surface area contributed by atoms with Gasteiger partial charge in [0.25, 0.3) is 0 Å². The van der Waals surface area contributed by atoms with Crippen LogP contribution in [0.5, 0.6) is 11.6 Å². The van der Waals surface area contributed by atoms with Crippen LogP contribution in [0.3, 0.4) is 0 Å². The molecule has 0 unspecified atom stereocenters. The molecule has 3 aromatic rings. The minimum absolute atomic E-state index is 0.0676. The maximum atomic E-state index is 13.4. The van der Waals surface area contributed by atoms with E-state index in [9.17, 15) is 9.50 Å². The third-order valence-corrected chi connectivity index (χ3v) is 5.18. The van der Waals surface area contributed by atoms with Gasteiger partial charge in [0.05, 0.1) is 24.4 Å². The number of aromatic nitrogens is 2. The molecule has 2 aromatic carbocycles. The van der Waals surface area contributed by atoms with Gasteiger partial charge in [0.1, 0.15) is 17.3 Å². The Morgan fingerprint density at radius 2 is 1.79 bits per heavy atom. The summed E-state index contributed by atoms with van der Waals surface area (Å²) in [4.78, 5) is 2.19. The van der Waals surface area contributed by atoms with E-state index >= 15 is 0 Å². The Morgan fingerprint density at radius 3 is 2.42 bits per heavy atom. The second-order valence-electron chi connectivity index (χ2n) is 8.45. The molecule has 178 valence electrons. The van der Waals surface area contributed by atoms with Crippen LogP contribution in [0.4, 0.5) is 4.39 Å². The molecule has 0 bridgehead atoms. The summed E-state index contributed by atoms with van der Waals surface area (Å²) in [5, 5.41) is 15.3. The van der Waals surface area contributed by atoms with Gasteiger partial charge in [-0.3, -0.25) is 4.90 Å². The predicted molar refractivity (Wildman–Crippen MR) is 128 cm³/mol. The first-order valence-corrected chi connectivity index (χ1v) is 11.4. The number of ether oxygens (including phenoxy) is 2. The van der Waals surface area contributed by atoms with Crippen LogP contribution in [0.1, 0.15) is 32.8 Å². The normalized spacial score (nSPS) is 12.5. The fraction of sp³-hybridized carbons (Fsp3) is 0.423. The van der Waals surface area contributed by atoms with E-state index < -0.39 is 6.10 Å². The number of rotatable bonds is 12.